The maximum absolute atomic E-state index is 12.1. The number of aromatic nitrogens is 3. The van der Waals surface area contributed by atoms with Crippen molar-refractivity contribution in [1.29, 1.82) is 0 Å². The zero-order valence-electron chi connectivity index (χ0n) is 12.2. The van der Waals surface area contributed by atoms with Crippen molar-refractivity contribution in [1.82, 2.24) is 20.1 Å². The molecule has 1 unspecified atom stereocenters. The number of rotatable bonds is 4. The van der Waals surface area contributed by atoms with Gasteiger partial charge < -0.3 is 9.88 Å². The van der Waals surface area contributed by atoms with Crippen LogP contribution >= 0.6 is 23.2 Å². The summed E-state index contributed by atoms with van der Waals surface area (Å²) in [6, 6.07) is 0. The first-order chi connectivity index (χ1) is 9.94. The molecule has 1 aromatic heterocycles. The van der Waals surface area contributed by atoms with Crippen molar-refractivity contribution in [3.05, 3.63) is 11.6 Å². The minimum atomic E-state index is -0.914. The van der Waals surface area contributed by atoms with Gasteiger partial charge in [-0.1, -0.05) is 6.42 Å². The Morgan fingerprint density at radius 2 is 2.10 bits per heavy atom. The molecule has 1 saturated carbocycles. The lowest BCUT2D eigenvalue weighted by atomic mass is 10.1. The molecule has 1 aliphatic carbocycles. The number of nitrogens with one attached hydrogen (secondary N) is 1. The normalized spacial score (nSPS) is 26.8. The fourth-order valence-corrected chi connectivity index (χ4v) is 3.57. The Morgan fingerprint density at radius 1 is 1.33 bits per heavy atom. The largest absolute Gasteiger partial charge is 0.355 e. The van der Waals surface area contributed by atoms with Crippen LogP contribution in [0.15, 0.2) is 0 Å². The lowest BCUT2D eigenvalue weighted by Crippen LogP contribution is -2.34. The molecule has 1 fully saturated rings. The average Bonchev–Trinajstić information content (AvgIpc) is 2.88. The summed E-state index contributed by atoms with van der Waals surface area (Å²) in [5.74, 6) is 1.95. The lowest BCUT2D eigenvalue weighted by Gasteiger charge is -2.12. The summed E-state index contributed by atoms with van der Waals surface area (Å²) in [5, 5.41) is 11.4. The van der Waals surface area contributed by atoms with Crippen LogP contribution in [0.1, 0.15) is 44.3 Å². The number of carbonyl (C=O) groups is 1. The molecule has 0 saturated heterocycles. The van der Waals surface area contributed by atoms with E-state index in [-0.39, 0.29) is 5.91 Å². The molecule has 1 atom stereocenters. The van der Waals surface area contributed by atoms with Crippen molar-refractivity contribution in [2.24, 2.45) is 5.41 Å². The fourth-order valence-electron chi connectivity index (χ4n) is 2.86. The van der Waals surface area contributed by atoms with E-state index in [0.717, 1.165) is 24.6 Å². The molecule has 1 aliphatic heterocycles. The number of nitrogens with zero attached hydrogens (tertiary/aromatic N) is 3. The van der Waals surface area contributed by atoms with Gasteiger partial charge in [0.1, 0.15) is 16.0 Å². The van der Waals surface area contributed by atoms with Gasteiger partial charge in [-0.15, -0.1) is 33.4 Å². The van der Waals surface area contributed by atoms with Gasteiger partial charge in [0.2, 0.25) is 5.91 Å². The number of halogens is 2. The number of hydrogen-bond donors (Lipinski definition) is 1. The number of hydrogen-bond acceptors (Lipinski definition) is 3. The Bertz CT molecular complexity index is 557. The van der Waals surface area contributed by atoms with Gasteiger partial charge in [0, 0.05) is 25.9 Å². The van der Waals surface area contributed by atoms with Crippen LogP contribution in [0.4, 0.5) is 0 Å². The quantitative estimate of drug-likeness (QED) is 0.861. The zero-order valence-corrected chi connectivity index (χ0v) is 13.7. The van der Waals surface area contributed by atoms with Crippen LogP contribution in [0, 0.1) is 5.41 Å². The Hall–Kier alpha value is -0.810. The lowest BCUT2D eigenvalue weighted by molar-refractivity contribution is -0.125. The second-order valence-corrected chi connectivity index (χ2v) is 7.70. The zero-order chi connectivity index (χ0) is 15.1. The second kappa shape index (κ2) is 5.43. The van der Waals surface area contributed by atoms with E-state index in [2.05, 4.69) is 20.1 Å². The van der Waals surface area contributed by atoms with Crippen molar-refractivity contribution >= 4 is 29.1 Å². The van der Waals surface area contributed by atoms with E-state index in [1.54, 1.807) is 6.92 Å². The van der Waals surface area contributed by atoms with Gasteiger partial charge in [-0.2, -0.15) is 0 Å². The van der Waals surface area contributed by atoms with Crippen LogP contribution in [-0.4, -0.2) is 31.5 Å². The highest BCUT2D eigenvalue weighted by molar-refractivity contribution is 6.53. The van der Waals surface area contributed by atoms with Crippen LogP contribution < -0.4 is 5.32 Å². The van der Waals surface area contributed by atoms with Crippen molar-refractivity contribution in [3.8, 4) is 0 Å². The van der Waals surface area contributed by atoms with E-state index in [4.69, 9.17) is 23.2 Å². The summed E-state index contributed by atoms with van der Waals surface area (Å²) >= 11 is 12.0. The van der Waals surface area contributed by atoms with E-state index >= 15 is 0 Å². The molecule has 0 spiro atoms. The molecule has 116 valence electrons. The molecule has 0 bridgehead atoms. The molecule has 0 radical (unpaired) electrons. The number of fused-ring (bicyclic) bond motifs is 1. The number of carbonyl (C=O) groups excluding carboxylic acids is 1. The van der Waals surface area contributed by atoms with E-state index in [1.807, 2.05) is 0 Å². The summed E-state index contributed by atoms with van der Waals surface area (Å²) in [6.45, 7) is 3.32. The van der Waals surface area contributed by atoms with Gasteiger partial charge in [0.05, 0.1) is 5.41 Å². The van der Waals surface area contributed by atoms with Crippen LogP contribution in [0.2, 0.25) is 0 Å². The molecular weight excluding hydrogens is 311 g/mol. The minimum absolute atomic E-state index is 0.0805. The third-order valence-corrected chi connectivity index (χ3v) is 5.68. The van der Waals surface area contributed by atoms with E-state index in [9.17, 15) is 4.79 Å². The maximum Gasteiger partial charge on any atom is 0.229 e. The molecule has 1 aromatic rings. The first-order valence-corrected chi connectivity index (χ1v) is 8.27. The highest BCUT2D eigenvalue weighted by Gasteiger charge is 2.67. The first kappa shape index (κ1) is 15.1. The first-order valence-electron chi connectivity index (χ1n) is 7.51. The minimum Gasteiger partial charge on any atom is -0.355 e. The van der Waals surface area contributed by atoms with Gasteiger partial charge in [-0.05, 0) is 26.2 Å². The molecule has 1 amide bonds. The molecule has 2 aliphatic rings. The maximum atomic E-state index is 12.1. The van der Waals surface area contributed by atoms with Crippen LogP contribution in [0.3, 0.4) is 0 Å². The predicted molar refractivity (Wildman–Crippen MR) is 81.5 cm³/mol. The molecule has 3 rings (SSSR count). The number of aryl methyl sites for hydroxylation is 1. The van der Waals surface area contributed by atoms with Crippen molar-refractivity contribution in [2.45, 2.75) is 56.3 Å². The van der Waals surface area contributed by atoms with Crippen molar-refractivity contribution in [2.75, 3.05) is 6.54 Å². The van der Waals surface area contributed by atoms with Gasteiger partial charge >= 0.3 is 0 Å². The third kappa shape index (κ3) is 2.78. The average molecular weight is 331 g/mol. The molecule has 7 heteroatoms. The van der Waals surface area contributed by atoms with Gasteiger partial charge in [0.15, 0.2) is 0 Å². The SMILES string of the molecule is CC1(C(=O)NCCc2nnc3n2CCCCC3)CC1(Cl)Cl. The standard InChI is InChI=1S/C14H20Cl2N4O/c1-13(9-14(13,15)16)12(21)17-7-6-11-19-18-10-5-3-2-4-8-20(10)11/h2-9H2,1H3,(H,17,21). The molecule has 1 N–H and O–H groups in total. The van der Waals surface area contributed by atoms with Gasteiger partial charge in [0.25, 0.3) is 0 Å². The molecule has 0 aromatic carbocycles. The summed E-state index contributed by atoms with van der Waals surface area (Å²) < 4.78 is 1.29. The molecule has 5 nitrogen and oxygen atoms in total. The number of amides is 1. The summed E-state index contributed by atoms with van der Waals surface area (Å²) in [7, 11) is 0. The monoisotopic (exact) mass is 330 g/mol. The van der Waals surface area contributed by atoms with E-state index in [0.29, 0.717) is 19.4 Å². The number of alkyl halides is 2. The van der Waals surface area contributed by atoms with Crippen LogP contribution in [0.25, 0.3) is 0 Å². The second-order valence-electron chi connectivity index (χ2n) is 6.21. The van der Waals surface area contributed by atoms with E-state index < -0.39 is 9.75 Å². The summed E-state index contributed by atoms with van der Waals surface area (Å²) in [6.07, 6.45) is 5.79. The van der Waals surface area contributed by atoms with Crippen LogP contribution in [0.5, 0.6) is 0 Å². The fraction of sp³-hybridized carbons (Fsp3) is 0.786. The highest BCUT2D eigenvalue weighted by atomic mass is 35.5. The van der Waals surface area contributed by atoms with Gasteiger partial charge in [-0.25, -0.2) is 0 Å². The smallest absolute Gasteiger partial charge is 0.229 e. The Labute approximate surface area is 134 Å². The van der Waals surface area contributed by atoms with Gasteiger partial charge in [-0.3, -0.25) is 4.79 Å². The topological polar surface area (TPSA) is 59.8 Å². The highest BCUT2D eigenvalue weighted by Crippen LogP contribution is 2.63. The predicted octanol–water partition coefficient (Wildman–Crippen LogP) is 2.25. The Kier molecular flexibility index (Phi) is 3.91. The summed E-state index contributed by atoms with van der Waals surface area (Å²) in [4.78, 5) is 12.1. The summed E-state index contributed by atoms with van der Waals surface area (Å²) in [5.41, 5.74) is -0.655. The van der Waals surface area contributed by atoms with Crippen molar-refractivity contribution < 1.29 is 4.79 Å². The Balaban J connectivity index is 1.55. The Morgan fingerprint density at radius 3 is 2.81 bits per heavy atom. The van der Waals surface area contributed by atoms with Crippen molar-refractivity contribution in [3.63, 3.8) is 0 Å². The van der Waals surface area contributed by atoms with Crippen LogP contribution in [-0.2, 0) is 24.2 Å². The third-order valence-electron chi connectivity index (χ3n) is 4.58. The molecule has 2 heterocycles. The van der Waals surface area contributed by atoms with E-state index in [1.165, 1.54) is 19.3 Å². The molecule has 21 heavy (non-hydrogen) atoms. The molecular formula is C14H20Cl2N4O.